The Morgan fingerprint density at radius 2 is 1.81 bits per heavy atom. The van der Waals surface area contributed by atoms with E-state index in [1.54, 1.807) is 13.0 Å². The van der Waals surface area contributed by atoms with Gasteiger partial charge in [-0.1, -0.05) is 28.1 Å². The van der Waals surface area contributed by atoms with E-state index in [1.807, 2.05) is 0 Å². The second kappa shape index (κ2) is 8.34. The highest BCUT2D eigenvalue weighted by Crippen LogP contribution is 2.32. The summed E-state index contributed by atoms with van der Waals surface area (Å²) < 4.78 is 60.3. The number of carbonyl (C=O) groups is 1. The number of hydrogen-bond donors (Lipinski definition) is 0. The Hall–Kier alpha value is -3.27. The lowest BCUT2D eigenvalue weighted by Gasteiger charge is -2.10. The van der Waals surface area contributed by atoms with Gasteiger partial charge in [0.15, 0.2) is 11.3 Å². The molecule has 4 aromatic rings. The molecule has 0 aliphatic heterocycles. The van der Waals surface area contributed by atoms with Gasteiger partial charge in [-0.05, 0) is 43.3 Å². The van der Waals surface area contributed by atoms with E-state index >= 15 is 0 Å². The highest BCUT2D eigenvalue weighted by molar-refractivity contribution is 9.10. The third-order valence-electron chi connectivity index (χ3n) is 4.63. The topological polar surface area (TPSA) is 56.5 Å². The van der Waals surface area contributed by atoms with Crippen molar-refractivity contribution < 1.29 is 27.1 Å². The summed E-state index contributed by atoms with van der Waals surface area (Å²) in [5, 5.41) is 4.39. The molecule has 0 atom stereocenters. The Labute approximate surface area is 187 Å². The van der Waals surface area contributed by atoms with Gasteiger partial charge in [0.05, 0.1) is 23.6 Å². The minimum atomic E-state index is -4.49. The summed E-state index contributed by atoms with van der Waals surface area (Å²) in [4.78, 5) is 16.5. The van der Waals surface area contributed by atoms with Crippen LogP contribution in [-0.2, 0) is 10.9 Å². The van der Waals surface area contributed by atoms with Gasteiger partial charge in [0.1, 0.15) is 5.82 Å². The first-order valence-electron chi connectivity index (χ1n) is 9.38. The molecule has 0 saturated heterocycles. The first-order chi connectivity index (χ1) is 15.2. The van der Waals surface area contributed by atoms with E-state index in [1.165, 1.54) is 40.9 Å². The minimum absolute atomic E-state index is 0.0445. The first kappa shape index (κ1) is 21.9. The maximum Gasteiger partial charge on any atom is 0.416 e. The maximum absolute atomic E-state index is 14.5. The van der Waals surface area contributed by atoms with Crippen LogP contribution >= 0.6 is 15.9 Å². The molecule has 32 heavy (non-hydrogen) atoms. The van der Waals surface area contributed by atoms with Crippen molar-refractivity contribution in [2.45, 2.75) is 13.1 Å². The molecule has 2 aromatic heterocycles. The lowest BCUT2D eigenvalue weighted by Crippen LogP contribution is -2.10. The Kier molecular flexibility index (Phi) is 5.72. The molecule has 164 valence electrons. The summed E-state index contributed by atoms with van der Waals surface area (Å²) >= 11 is 3.20. The average molecular weight is 508 g/mol. The van der Waals surface area contributed by atoms with Crippen molar-refractivity contribution in [3.63, 3.8) is 0 Å². The van der Waals surface area contributed by atoms with Crippen molar-refractivity contribution in [1.29, 1.82) is 0 Å². The summed E-state index contributed by atoms with van der Waals surface area (Å²) in [7, 11) is 0. The molecular formula is C22H14BrF4N3O2. The monoisotopic (exact) mass is 507 g/mol. The van der Waals surface area contributed by atoms with Crippen molar-refractivity contribution in [3.8, 4) is 22.5 Å². The molecule has 0 N–H and O–H groups in total. The standard InChI is InChI=1S/C22H14BrF4N3O2/c1-2-32-21(31)18-10-19(12-3-5-13(6-4-12)22(25,26)27)30-20(28-18)11-17(29-30)15-8-7-14(23)9-16(15)24/h3-11H,2H2,1H3. The van der Waals surface area contributed by atoms with Crippen molar-refractivity contribution in [2.24, 2.45) is 0 Å². The van der Waals surface area contributed by atoms with Gasteiger partial charge >= 0.3 is 12.1 Å². The first-order valence-corrected chi connectivity index (χ1v) is 10.2. The van der Waals surface area contributed by atoms with Gasteiger partial charge < -0.3 is 4.74 Å². The van der Waals surface area contributed by atoms with E-state index in [0.717, 1.165) is 12.1 Å². The number of fused-ring (bicyclic) bond motifs is 1. The number of alkyl halides is 3. The van der Waals surface area contributed by atoms with Crippen LogP contribution in [0.2, 0.25) is 0 Å². The molecule has 0 aliphatic carbocycles. The number of rotatable bonds is 4. The molecule has 0 fully saturated rings. The van der Waals surface area contributed by atoms with Crippen LogP contribution in [-0.4, -0.2) is 27.2 Å². The third-order valence-corrected chi connectivity index (χ3v) is 5.12. The van der Waals surface area contributed by atoms with E-state index in [-0.39, 0.29) is 29.2 Å². The molecule has 0 aliphatic rings. The molecule has 0 amide bonds. The molecular weight excluding hydrogens is 494 g/mol. The minimum Gasteiger partial charge on any atom is -0.461 e. The van der Waals surface area contributed by atoms with E-state index in [9.17, 15) is 22.4 Å². The highest BCUT2D eigenvalue weighted by atomic mass is 79.9. The van der Waals surface area contributed by atoms with Crippen LogP contribution in [0.25, 0.3) is 28.2 Å². The number of hydrogen-bond acceptors (Lipinski definition) is 4. The van der Waals surface area contributed by atoms with Crippen LogP contribution in [0.5, 0.6) is 0 Å². The van der Waals surface area contributed by atoms with E-state index in [4.69, 9.17) is 4.74 Å². The lowest BCUT2D eigenvalue weighted by molar-refractivity contribution is -0.137. The maximum atomic E-state index is 14.5. The van der Waals surface area contributed by atoms with Gasteiger partial charge in [-0.2, -0.15) is 18.3 Å². The largest absolute Gasteiger partial charge is 0.461 e. The van der Waals surface area contributed by atoms with Gasteiger partial charge in [-0.25, -0.2) is 18.7 Å². The summed E-state index contributed by atoms with van der Waals surface area (Å²) in [5.41, 5.74) is 0.471. The molecule has 0 spiro atoms. The third kappa shape index (κ3) is 4.22. The molecule has 2 heterocycles. The van der Waals surface area contributed by atoms with Crippen LogP contribution in [0, 0.1) is 5.82 Å². The molecule has 10 heteroatoms. The molecule has 2 aromatic carbocycles. The second-order valence-corrected chi connectivity index (χ2v) is 7.66. The van der Waals surface area contributed by atoms with Crippen LogP contribution < -0.4 is 0 Å². The van der Waals surface area contributed by atoms with Crippen molar-refractivity contribution >= 4 is 27.5 Å². The number of carbonyl (C=O) groups excluding carboxylic acids is 1. The van der Waals surface area contributed by atoms with Gasteiger partial charge in [-0.3, -0.25) is 0 Å². The molecule has 0 bridgehead atoms. The van der Waals surface area contributed by atoms with Crippen molar-refractivity contribution in [1.82, 2.24) is 14.6 Å². The van der Waals surface area contributed by atoms with Crippen LogP contribution in [0.4, 0.5) is 17.6 Å². The Morgan fingerprint density at radius 3 is 2.44 bits per heavy atom. The Morgan fingerprint density at radius 1 is 1.09 bits per heavy atom. The Balaban J connectivity index is 1.91. The fraction of sp³-hybridized carbons (Fsp3) is 0.136. The fourth-order valence-electron chi connectivity index (χ4n) is 3.15. The number of nitrogens with zero attached hydrogens (tertiary/aromatic N) is 3. The number of esters is 1. The zero-order valence-electron chi connectivity index (χ0n) is 16.5. The number of halogens is 5. The molecule has 0 saturated carbocycles. The molecule has 0 unspecified atom stereocenters. The summed E-state index contributed by atoms with van der Waals surface area (Å²) in [6.07, 6.45) is -4.49. The van der Waals surface area contributed by atoms with Crippen LogP contribution in [0.1, 0.15) is 23.0 Å². The average Bonchev–Trinajstić information content (AvgIpc) is 3.16. The summed E-state index contributed by atoms with van der Waals surface area (Å²) in [6.45, 7) is 1.76. The van der Waals surface area contributed by atoms with Gasteiger partial charge in [0, 0.05) is 21.7 Å². The number of benzene rings is 2. The zero-order chi connectivity index (χ0) is 23.0. The quantitative estimate of drug-likeness (QED) is 0.245. The normalized spacial score (nSPS) is 11.7. The summed E-state index contributed by atoms with van der Waals surface area (Å²) in [5.74, 6) is -1.22. The highest BCUT2D eigenvalue weighted by Gasteiger charge is 2.30. The molecule has 0 radical (unpaired) electrons. The smallest absolute Gasteiger partial charge is 0.416 e. The van der Waals surface area contributed by atoms with Crippen LogP contribution in [0.15, 0.2) is 59.1 Å². The predicted octanol–water partition coefficient (Wildman–Crippen LogP) is 6.16. The fourth-order valence-corrected chi connectivity index (χ4v) is 3.48. The van der Waals surface area contributed by atoms with Crippen molar-refractivity contribution in [2.75, 3.05) is 6.61 Å². The predicted molar refractivity (Wildman–Crippen MR) is 112 cm³/mol. The van der Waals surface area contributed by atoms with E-state index in [2.05, 4.69) is 26.0 Å². The Bertz CT molecular complexity index is 1320. The molecule has 5 nitrogen and oxygen atoms in total. The molecule has 4 rings (SSSR count). The summed E-state index contributed by atoms with van der Waals surface area (Å²) in [6, 6.07) is 11.7. The number of ether oxygens (including phenoxy) is 1. The van der Waals surface area contributed by atoms with E-state index in [0.29, 0.717) is 15.7 Å². The number of aromatic nitrogens is 3. The van der Waals surface area contributed by atoms with Crippen molar-refractivity contribution in [3.05, 3.63) is 76.1 Å². The zero-order valence-corrected chi connectivity index (χ0v) is 18.0. The van der Waals surface area contributed by atoms with Gasteiger partial charge in [0.25, 0.3) is 0 Å². The van der Waals surface area contributed by atoms with Gasteiger partial charge in [-0.15, -0.1) is 0 Å². The second-order valence-electron chi connectivity index (χ2n) is 6.75. The van der Waals surface area contributed by atoms with Gasteiger partial charge in [0.2, 0.25) is 0 Å². The lowest BCUT2D eigenvalue weighted by atomic mass is 10.1. The van der Waals surface area contributed by atoms with E-state index < -0.39 is 23.5 Å². The SMILES string of the molecule is CCOC(=O)c1cc(-c2ccc(C(F)(F)F)cc2)n2nc(-c3ccc(Br)cc3F)cc2n1. The van der Waals surface area contributed by atoms with Crippen LogP contribution in [0.3, 0.4) is 0 Å².